The van der Waals surface area contributed by atoms with Gasteiger partial charge in [-0.2, -0.15) is 0 Å². The second-order valence-electron chi connectivity index (χ2n) is 2.59. The number of ether oxygens (including phenoxy) is 2. The highest BCUT2D eigenvalue weighted by Crippen LogP contribution is 2.31. The van der Waals surface area contributed by atoms with E-state index in [-0.39, 0.29) is 5.75 Å². The molecule has 1 aromatic rings. The van der Waals surface area contributed by atoms with Crippen molar-refractivity contribution in [3.8, 4) is 11.5 Å². The molecule has 82 valence electrons. The molecule has 3 nitrogen and oxygen atoms in total. The van der Waals surface area contributed by atoms with Gasteiger partial charge in [-0.05, 0) is 12.1 Å². The van der Waals surface area contributed by atoms with E-state index >= 15 is 0 Å². The number of hydrogen-bond acceptors (Lipinski definition) is 3. The first-order chi connectivity index (χ1) is 6.88. The van der Waals surface area contributed by atoms with Crippen LogP contribution < -0.4 is 9.47 Å². The molecule has 15 heavy (non-hydrogen) atoms. The first kappa shape index (κ1) is 11.4. The summed E-state index contributed by atoms with van der Waals surface area (Å²) in [6.07, 6.45) is -4.81. The Morgan fingerprint density at radius 2 is 1.73 bits per heavy atom. The molecule has 0 N–H and O–H groups in total. The average Bonchev–Trinajstić information content (AvgIpc) is 2.05. The van der Waals surface area contributed by atoms with E-state index < -0.39 is 18.1 Å². The van der Waals surface area contributed by atoms with Crippen molar-refractivity contribution in [2.24, 2.45) is 0 Å². The van der Waals surface area contributed by atoms with Gasteiger partial charge in [0.25, 0.3) is 0 Å². The highest BCUT2D eigenvalue weighted by Gasteiger charge is 2.32. The molecule has 0 fully saturated rings. The van der Waals surface area contributed by atoms with E-state index in [1.54, 1.807) is 0 Å². The average molecular weight is 220 g/mol. The largest absolute Gasteiger partial charge is 0.573 e. The van der Waals surface area contributed by atoms with Crippen molar-refractivity contribution in [1.29, 1.82) is 0 Å². The Hall–Kier alpha value is -1.72. The molecule has 0 aromatic heterocycles. The smallest absolute Gasteiger partial charge is 0.423 e. The van der Waals surface area contributed by atoms with Crippen molar-refractivity contribution in [2.75, 3.05) is 0 Å². The van der Waals surface area contributed by atoms with Crippen molar-refractivity contribution < 1.29 is 27.4 Å². The maximum Gasteiger partial charge on any atom is 0.573 e. The van der Waals surface area contributed by atoms with Gasteiger partial charge in [0, 0.05) is 6.92 Å². The highest BCUT2D eigenvalue weighted by atomic mass is 19.4. The van der Waals surface area contributed by atoms with Gasteiger partial charge in [-0.1, -0.05) is 12.1 Å². The molecule has 0 saturated heterocycles. The summed E-state index contributed by atoms with van der Waals surface area (Å²) in [6.45, 7) is 1.09. The van der Waals surface area contributed by atoms with Crippen LogP contribution in [0.4, 0.5) is 13.2 Å². The zero-order valence-corrected chi connectivity index (χ0v) is 7.67. The predicted octanol–water partition coefficient (Wildman–Crippen LogP) is 2.51. The number of rotatable bonds is 2. The minimum Gasteiger partial charge on any atom is -0.423 e. The number of benzene rings is 1. The lowest BCUT2D eigenvalue weighted by atomic mass is 10.3. The normalized spacial score (nSPS) is 10.9. The molecule has 0 radical (unpaired) electrons. The first-order valence-electron chi connectivity index (χ1n) is 3.91. The minimum absolute atomic E-state index is 0.262. The van der Waals surface area contributed by atoms with Gasteiger partial charge in [0.2, 0.25) is 0 Å². The Balaban J connectivity index is 2.91. The topological polar surface area (TPSA) is 35.5 Å². The van der Waals surface area contributed by atoms with Crippen LogP contribution in [0.15, 0.2) is 24.3 Å². The number of para-hydroxylation sites is 2. The van der Waals surface area contributed by atoms with Crippen LogP contribution in [0.2, 0.25) is 0 Å². The summed E-state index contributed by atoms with van der Waals surface area (Å²) in [5.74, 6) is -1.52. The molecule has 0 aliphatic heterocycles. The van der Waals surface area contributed by atoms with Gasteiger partial charge in [-0.25, -0.2) is 0 Å². The van der Waals surface area contributed by atoms with E-state index in [0.717, 1.165) is 13.0 Å². The van der Waals surface area contributed by atoms with E-state index in [0.29, 0.717) is 0 Å². The van der Waals surface area contributed by atoms with Crippen LogP contribution in [-0.4, -0.2) is 12.3 Å². The standard InChI is InChI=1S/C9H7F3O3/c1-6(13)14-7-4-2-3-5-8(7)15-9(10,11)12/h2-5H,1H3. The van der Waals surface area contributed by atoms with Crippen LogP contribution >= 0.6 is 0 Å². The van der Waals surface area contributed by atoms with Crippen LogP contribution in [0.25, 0.3) is 0 Å². The third-order valence-electron chi connectivity index (χ3n) is 1.33. The number of hydrogen-bond donors (Lipinski definition) is 0. The monoisotopic (exact) mass is 220 g/mol. The van der Waals surface area contributed by atoms with Gasteiger partial charge in [-0.15, -0.1) is 13.2 Å². The Morgan fingerprint density at radius 3 is 2.20 bits per heavy atom. The van der Waals surface area contributed by atoms with Crippen molar-refractivity contribution in [2.45, 2.75) is 13.3 Å². The summed E-state index contributed by atoms with van der Waals surface area (Å²) in [5, 5.41) is 0. The molecule has 0 spiro atoms. The molecular formula is C9H7F3O3. The van der Waals surface area contributed by atoms with Gasteiger partial charge >= 0.3 is 12.3 Å². The molecule has 0 saturated carbocycles. The van der Waals surface area contributed by atoms with Crippen LogP contribution in [-0.2, 0) is 4.79 Å². The summed E-state index contributed by atoms with van der Waals surface area (Å²) in [5.41, 5.74) is 0. The molecule has 1 aromatic carbocycles. The molecule has 0 unspecified atom stereocenters. The second kappa shape index (κ2) is 4.20. The van der Waals surface area contributed by atoms with Crippen molar-refractivity contribution in [3.63, 3.8) is 0 Å². The quantitative estimate of drug-likeness (QED) is 0.567. The lowest BCUT2D eigenvalue weighted by molar-refractivity contribution is -0.275. The van der Waals surface area contributed by atoms with Gasteiger partial charge in [0.05, 0.1) is 0 Å². The maximum atomic E-state index is 11.9. The van der Waals surface area contributed by atoms with Crippen LogP contribution in [0.5, 0.6) is 11.5 Å². The van der Waals surface area contributed by atoms with Gasteiger partial charge in [0.1, 0.15) is 0 Å². The summed E-state index contributed by atoms with van der Waals surface area (Å²) in [4.78, 5) is 10.6. The van der Waals surface area contributed by atoms with Gasteiger partial charge < -0.3 is 9.47 Å². The summed E-state index contributed by atoms with van der Waals surface area (Å²) < 4.78 is 43.9. The van der Waals surface area contributed by atoms with E-state index in [2.05, 4.69) is 9.47 Å². The Bertz CT molecular complexity index is 360. The fraction of sp³-hybridized carbons (Fsp3) is 0.222. The zero-order chi connectivity index (χ0) is 11.5. The number of carbonyl (C=O) groups excluding carboxylic acids is 1. The third-order valence-corrected chi connectivity index (χ3v) is 1.33. The summed E-state index contributed by atoms with van der Waals surface area (Å²) in [7, 11) is 0. The lowest BCUT2D eigenvalue weighted by Gasteiger charge is -2.11. The van der Waals surface area contributed by atoms with Gasteiger partial charge in [0.15, 0.2) is 11.5 Å². The molecule has 6 heteroatoms. The van der Waals surface area contributed by atoms with Crippen molar-refractivity contribution in [3.05, 3.63) is 24.3 Å². The van der Waals surface area contributed by atoms with E-state index in [1.807, 2.05) is 0 Å². The summed E-state index contributed by atoms with van der Waals surface area (Å²) in [6, 6.07) is 5.05. The molecule has 0 atom stereocenters. The molecule has 1 rings (SSSR count). The van der Waals surface area contributed by atoms with E-state index in [4.69, 9.17) is 0 Å². The molecule has 0 heterocycles. The Kier molecular flexibility index (Phi) is 3.18. The molecular weight excluding hydrogens is 213 g/mol. The zero-order valence-electron chi connectivity index (χ0n) is 7.67. The maximum absolute atomic E-state index is 11.9. The SMILES string of the molecule is CC(=O)Oc1ccccc1OC(F)(F)F. The Morgan fingerprint density at radius 1 is 1.20 bits per heavy atom. The predicted molar refractivity (Wildman–Crippen MR) is 44.4 cm³/mol. The molecule has 0 amide bonds. The van der Waals surface area contributed by atoms with E-state index in [9.17, 15) is 18.0 Å². The minimum atomic E-state index is -4.81. The summed E-state index contributed by atoms with van der Waals surface area (Å²) >= 11 is 0. The number of carbonyl (C=O) groups is 1. The van der Waals surface area contributed by atoms with Crippen LogP contribution in [0.1, 0.15) is 6.92 Å². The molecule has 0 aliphatic carbocycles. The highest BCUT2D eigenvalue weighted by molar-refractivity contribution is 5.70. The van der Waals surface area contributed by atoms with Crippen molar-refractivity contribution in [1.82, 2.24) is 0 Å². The fourth-order valence-electron chi connectivity index (χ4n) is 0.898. The van der Waals surface area contributed by atoms with Crippen molar-refractivity contribution >= 4 is 5.97 Å². The van der Waals surface area contributed by atoms with Crippen LogP contribution in [0.3, 0.4) is 0 Å². The number of halogens is 3. The molecule has 0 aliphatic rings. The van der Waals surface area contributed by atoms with E-state index in [1.165, 1.54) is 18.2 Å². The Labute approximate surface area is 83.4 Å². The number of alkyl halides is 3. The fourth-order valence-corrected chi connectivity index (χ4v) is 0.898. The van der Waals surface area contributed by atoms with Crippen LogP contribution in [0, 0.1) is 0 Å². The van der Waals surface area contributed by atoms with Gasteiger partial charge in [-0.3, -0.25) is 4.79 Å². The second-order valence-corrected chi connectivity index (χ2v) is 2.59. The first-order valence-corrected chi connectivity index (χ1v) is 3.91. The lowest BCUT2D eigenvalue weighted by Crippen LogP contribution is -2.18. The molecule has 0 bridgehead atoms. The third kappa shape index (κ3) is 3.88. The number of esters is 1.